The molecule has 0 aliphatic rings. The highest BCUT2D eigenvalue weighted by Gasteiger charge is 2.24. The van der Waals surface area contributed by atoms with Crippen LogP contribution in [0.4, 0.5) is 0 Å². The average molecular weight is 180 g/mol. The van der Waals surface area contributed by atoms with Crippen LogP contribution in [0, 0.1) is 5.41 Å². The van der Waals surface area contributed by atoms with Gasteiger partial charge in [-0.1, -0.05) is 34.6 Å². The molecule has 13 heavy (non-hydrogen) atoms. The number of rotatable bonds is 2. The first-order valence-corrected chi connectivity index (χ1v) is 5.02. The van der Waals surface area contributed by atoms with Crippen molar-refractivity contribution in [3.63, 3.8) is 0 Å². The summed E-state index contributed by atoms with van der Waals surface area (Å²) in [4.78, 5) is 0. The fourth-order valence-corrected chi connectivity index (χ4v) is 1.23. The normalized spacial score (nSPS) is 14.5. The van der Waals surface area contributed by atoms with E-state index in [1.54, 1.807) is 0 Å². The van der Waals surface area contributed by atoms with E-state index in [9.17, 15) is 0 Å². The summed E-state index contributed by atoms with van der Waals surface area (Å²) in [5.41, 5.74) is 1.58. The Bertz CT molecular complexity index is 265. The Kier molecular flexibility index (Phi) is 2.84. The van der Waals surface area contributed by atoms with Gasteiger partial charge in [0.25, 0.3) is 0 Å². The summed E-state index contributed by atoms with van der Waals surface area (Å²) >= 11 is 0. The maximum Gasteiger partial charge on any atom is 0.107 e. The third kappa shape index (κ3) is 2.36. The van der Waals surface area contributed by atoms with Crippen LogP contribution in [-0.4, -0.2) is 0 Å². The lowest BCUT2D eigenvalue weighted by molar-refractivity contribution is 0.296. The van der Waals surface area contributed by atoms with Gasteiger partial charge in [0.15, 0.2) is 0 Å². The van der Waals surface area contributed by atoms with Crippen LogP contribution in [0.15, 0.2) is 16.7 Å². The third-order valence-electron chi connectivity index (χ3n) is 2.81. The highest BCUT2D eigenvalue weighted by molar-refractivity contribution is 5.16. The molecule has 0 saturated carbocycles. The van der Waals surface area contributed by atoms with Crippen LogP contribution < -0.4 is 0 Å². The van der Waals surface area contributed by atoms with Gasteiger partial charge in [-0.05, 0) is 23.5 Å². The monoisotopic (exact) mass is 180 g/mol. The number of furan rings is 1. The quantitative estimate of drug-likeness (QED) is 0.670. The summed E-state index contributed by atoms with van der Waals surface area (Å²) < 4.78 is 5.54. The van der Waals surface area contributed by atoms with E-state index in [0.29, 0.717) is 5.92 Å². The summed E-state index contributed by atoms with van der Waals surface area (Å²) in [7, 11) is 0. The first-order valence-electron chi connectivity index (χ1n) is 5.02. The third-order valence-corrected chi connectivity index (χ3v) is 2.81. The fourth-order valence-electron chi connectivity index (χ4n) is 1.23. The Morgan fingerprint density at radius 1 is 1.38 bits per heavy atom. The lowest BCUT2D eigenvalue weighted by atomic mass is 9.80. The molecule has 0 aliphatic heterocycles. The fraction of sp³-hybridized carbons (Fsp3) is 0.667. The maximum absolute atomic E-state index is 5.54. The molecule has 74 valence electrons. The van der Waals surface area contributed by atoms with E-state index in [1.807, 2.05) is 6.26 Å². The van der Waals surface area contributed by atoms with Gasteiger partial charge in [-0.25, -0.2) is 0 Å². The van der Waals surface area contributed by atoms with Crippen LogP contribution >= 0.6 is 0 Å². The van der Waals surface area contributed by atoms with Crippen LogP contribution in [0.25, 0.3) is 0 Å². The molecule has 0 unspecified atom stereocenters. The highest BCUT2D eigenvalue weighted by atomic mass is 16.3. The molecular weight excluding hydrogens is 160 g/mol. The van der Waals surface area contributed by atoms with E-state index in [2.05, 4.69) is 40.7 Å². The predicted molar refractivity (Wildman–Crippen MR) is 56.0 cm³/mol. The topological polar surface area (TPSA) is 13.1 Å². The Morgan fingerprint density at radius 2 is 2.00 bits per heavy atom. The first kappa shape index (κ1) is 10.4. The molecule has 0 N–H and O–H groups in total. The maximum atomic E-state index is 5.54. The molecule has 1 heteroatoms. The van der Waals surface area contributed by atoms with E-state index in [-0.39, 0.29) is 5.41 Å². The van der Waals surface area contributed by atoms with Gasteiger partial charge in [-0.15, -0.1) is 0 Å². The minimum absolute atomic E-state index is 0.281. The molecule has 0 amide bonds. The van der Waals surface area contributed by atoms with Gasteiger partial charge < -0.3 is 4.42 Å². The number of hydrogen-bond donors (Lipinski definition) is 0. The zero-order valence-electron chi connectivity index (χ0n) is 9.35. The van der Waals surface area contributed by atoms with E-state index in [1.165, 1.54) is 5.56 Å². The van der Waals surface area contributed by atoms with E-state index >= 15 is 0 Å². The summed E-state index contributed by atoms with van der Waals surface area (Å²) in [6.45, 7) is 11.1. The zero-order valence-corrected chi connectivity index (χ0v) is 9.35. The van der Waals surface area contributed by atoms with Gasteiger partial charge >= 0.3 is 0 Å². The molecule has 0 radical (unpaired) electrons. The van der Waals surface area contributed by atoms with Crippen LogP contribution in [0.2, 0.25) is 0 Å². The van der Waals surface area contributed by atoms with Crippen molar-refractivity contribution < 1.29 is 4.42 Å². The molecule has 0 aromatic carbocycles. The number of aryl methyl sites for hydroxylation is 1. The zero-order chi connectivity index (χ0) is 10.1. The van der Waals surface area contributed by atoms with E-state index < -0.39 is 0 Å². The van der Waals surface area contributed by atoms with Gasteiger partial charge in [0.05, 0.1) is 6.26 Å². The standard InChI is InChI=1S/C12H20O/c1-6-10-7-11(13-8-10)9(2)12(3,4)5/h7-9H,6H2,1-5H3/t9-/m0/s1. The smallest absolute Gasteiger partial charge is 0.107 e. The van der Waals surface area contributed by atoms with Crippen molar-refractivity contribution in [1.82, 2.24) is 0 Å². The Labute approximate surface area is 81.1 Å². The molecule has 0 saturated heterocycles. The van der Waals surface area contributed by atoms with Crippen molar-refractivity contribution in [2.75, 3.05) is 0 Å². The minimum atomic E-state index is 0.281. The second-order valence-corrected chi connectivity index (χ2v) is 4.80. The van der Waals surface area contributed by atoms with Gasteiger partial charge in [0, 0.05) is 5.92 Å². The van der Waals surface area contributed by atoms with Gasteiger partial charge in [0.2, 0.25) is 0 Å². The van der Waals surface area contributed by atoms with Gasteiger partial charge in [-0.2, -0.15) is 0 Å². The van der Waals surface area contributed by atoms with Crippen molar-refractivity contribution in [3.8, 4) is 0 Å². The molecule has 1 nitrogen and oxygen atoms in total. The second-order valence-electron chi connectivity index (χ2n) is 4.80. The highest BCUT2D eigenvalue weighted by Crippen LogP contribution is 2.35. The molecule has 0 bridgehead atoms. The summed E-state index contributed by atoms with van der Waals surface area (Å²) in [6.07, 6.45) is 2.93. The van der Waals surface area contributed by atoms with Gasteiger partial charge in [-0.3, -0.25) is 0 Å². The van der Waals surface area contributed by atoms with Crippen LogP contribution in [-0.2, 0) is 6.42 Å². The lowest BCUT2D eigenvalue weighted by Gasteiger charge is -2.25. The van der Waals surface area contributed by atoms with Crippen molar-refractivity contribution in [2.24, 2.45) is 5.41 Å². The SMILES string of the molecule is CCc1coc([C@H](C)C(C)(C)C)c1. The van der Waals surface area contributed by atoms with Crippen LogP contribution in [0.3, 0.4) is 0 Å². The molecule has 0 fully saturated rings. The van der Waals surface area contributed by atoms with Crippen LogP contribution in [0.5, 0.6) is 0 Å². The lowest BCUT2D eigenvalue weighted by Crippen LogP contribution is -2.14. The van der Waals surface area contributed by atoms with Crippen LogP contribution in [0.1, 0.15) is 51.9 Å². The summed E-state index contributed by atoms with van der Waals surface area (Å²) in [5, 5.41) is 0. The van der Waals surface area contributed by atoms with E-state index in [4.69, 9.17) is 4.42 Å². The second kappa shape index (κ2) is 3.57. The Hall–Kier alpha value is -0.720. The largest absolute Gasteiger partial charge is 0.469 e. The molecular formula is C12H20O. The molecule has 1 heterocycles. The Balaban J connectivity index is 2.83. The summed E-state index contributed by atoms with van der Waals surface area (Å²) in [5.74, 6) is 1.59. The van der Waals surface area contributed by atoms with E-state index in [0.717, 1.165) is 12.2 Å². The molecule has 1 atom stereocenters. The summed E-state index contributed by atoms with van der Waals surface area (Å²) in [6, 6.07) is 2.18. The predicted octanol–water partition coefficient (Wildman–Crippen LogP) is 3.99. The first-order chi connectivity index (χ1) is 5.95. The van der Waals surface area contributed by atoms with Crippen molar-refractivity contribution in [2.45, 2.75) is 47.0 Å². The molecule has 1 rings (SSSR count). The van der Waals surface area contributed by atoms with Crippen molar-refractivity contribution in [3.05, 3.63) is 23.7 Å². The molecule has 0 aliphatic carbocycles. The average Bonchev–Trinajstić information content (AvgIpc) is 2.48. The minimum Gasteiger partial charge on any atom is -0.469 e. The molecule has 1 aromatic rings. The molecule has 0 spiro atoms. The molecule has 1 aromatic heterocycles. The van der Waals surface area contributed by atoms with Crippen molar-refractivity contribution in [1.29, 1.82) is 0 Å². The van der Waals surface area contributed by atoms with Gasteiger partial charge in [0.1, 0.15) is 5.76 Å². The van der Waals surface area contributed by atoms with Crippen molar-refractivity contribution >= 4 is 0 Å². The number of hydrogen-bond acceptors (Lipinski definition) is 1. The Morgan fingerprint density at radius 3 is 2.38 bits per heavy atom.